The molecule has 0 aromatic carbocycles. The number of ether oxygens (including phenoxy) is 1. The molecule has 0 bridgehead atoms. The summed E-state index contributed by atoms with van der Waals surface area (Å²) in [5.74, 6) is 1.91. The Bertz CT molecular complexity index is 764. The highest BCUT2D eigenvalue weighted by atomic mass is 16.5. The molecule has 0 unspecified atom stereocenters. The minimum Gasteiger partial charge on any atom is -0.378 e. The Morgan fingerprint density at radius 2 is 1.88 bits per heavy atom. The molecule has 1 saturated carbocycles. The van der Waals surface area contributed by atoms with Crippen LogP contribution in [-0.4, -0.2) is 59.0 Å². The Kier molecular flexibility index (Phi) is 9.02. The highest BCUT2D eigenvalue weighted by Gasteiger charge is 2.29. The van der Waals surface area contributed by atoms with Crippen LogP contribution in [0.2, 0.25) is 0 Å². The highest BCUT2D eigenvalue weighted by molar-refractivity contribution is 5.95. The number of rotatable bonds is 9. The quantitative estimate of drug-likeness (QED) is 0.621. The van der Waals surface area contributed by atoms with Gasteiger partial charge in [-0.3, -0.25) is 9.59 Å². The zero-order valence-electron chi connectivity index (χ0n) is 20.2. The topological polar surface area (TPSA) is 84.4 Å². The van der Waals surface area contributed by atoms with Gasteiger partial charge in [0.2, 0.25) is 5.91 Å². The summed E-state index contributed by atoms with van der Waals surface area (Å²) in [6.45, 7) is 11.0. The molecule has 0 spiro atoms. The summed E-state index contributed by atoms with van der Waals surface area (Å²) in [5.41, 5.74) is 1.58. The average molecular weight is 445 g/mol. The van der Waals surface area contributed by atoms with E-state index in [0.717, 1.165) is 63.2 Å². The molecule has 7 heteroatoms. The molecular formula is C25H40N4O3. The standard InChI is InChI=1S/C25H40N4O3/c1-5-29(6-2)25(31)21-16-27-24(17(3)4)28-23(21)19-11-9-18(10-12-19)15-26-22(30)14-20-8-7-13-32-20/h16-20H,5-15H2,1-4H3,(H,26,30)/t18?,19?,20-/m1/s1. The Morgan fingerprint density at radius 1 is 1.16 bits per heavy atom. The van der Waals surface area contributed by atoms with Crippen LogP contribution < -0.4 is 5.32 Å². The number of aromatic nitrogens is 2. The molecule has 2 aliphatic rings. The van der Waals surface area contributed by atoms with Crippen LogP contribution in [0.3, 0.4) is 0 Å². The second kappa shape index (κ2) is 11.7. The molecule has 2 fully saturated rings. The lowest BCUT2D eigenvalue weighted by atomic mass is 9.79. The Morgan fingerprint density at radius 3 is 2.47 bits per heavy atom. The van der Waals surface area contributed by atoms with Crippen molar-refractivity contribution < 1.29 is 14.3 Å². The van der Waals surface area contributed by atoms with Gasteiger partial charge >= 0.3 is 0 Å². The number of hydrogen-bond acceptors (Lipinski definition) is 5. The van der Waals surface area contributed by atoms with Crippen LogP contribution in [0.1, 0.15) is 106 Å². The van der Waals surface area contributed by atoms with Crippen LogP contribution in [0, 0.1) is 5.92 Å². The molecule has 1 aromatic rings. The molecule has 178 valence electrons. The van der Waals surface area contributed by atoms with E-state index in [4.69, 9.17) is 9.72 Å². The van der Waals surface area contributed by atoms with Crippen LogP contribution >= 0.6 is 0 Å². The van der Waals surface area contributed by atoms with Gasteiger partial charge in [0.1, 0.15) is 5.82 Å². The number of carbonyl (C=O) groups excluding carboxylic acids is 2. The molecule has 2 amide bonds. The number of nitrogens with one attached hydrogen (secondary N) is 1. The largest absolute Gasteiger partial charge is 0.378 e. The minimum atomic E-state index is 0.0313. The Balaban J connectivity index is 1.61. The summed E-state index contributed by atoms with van der Waals surface area (Å²) in [6, 6.07) is 0. The Labute approximate surface area is 192 Å². The van der Waals surface area contributed by atoms with Crippen LogP contribution in [-0.2, 0) is 9.53 Å². The van der Waals surface area contributed by atoms with Crippen LogP contribution in [0.25, 0.3) is 0 Å². The smallest absolute Gasteiger partial charge is 0.257 e. The van der Waals surface area contributed by atoms with Gasteiger partial charge in [-0.05, 0) is 58.3 Å². The van der Waals surface area contributed by atoms with Gasteiger partial charge in [-0.15, -0.1) is 0 Å². The molecule has 32 heavy (non-hydrogen) atoms. The minimum absolute atomic E-state index is 0.0313. The summed E-state index contributed by atoms with van der Waals surface area (Å²) >= 11 is 0. The van der Waals surface area contributed by atoms with E-state index in [-0.39, 0.29) is 29.8 Å². The first kappa shape index (κ1) is 24.6. The SMILES string of the molecule is CCN(CC)C(=O)c1cnc(C(C)C)nc1C1CCC(CNC(=O)C[C@H]2CCCO2)CC1. The predicted octanol–water partition coefficient (Wildman–Crippen LogP) is 4.04. The van der Waals surface area contributed by atoms with Gasteiger partial charge in [0, 0.05) is 44.3 Å². The number of nitrogens with zero attached hydrogens (tertiary/aromatic N) is 3. The first-order chi connectivity index (χ1) is 15.4. The van der Waals surface area contributed by atoms with E-state index >= 15 is 0 Å². The molecule has 1 saturated heterocycles. The zero-order chi connectivity index (χ0) is 23.1. The molecule has 1 aliphatic carbocycles. The predicted molar refractivity (Wildman–Crippen MR) is 125 cm³/mol. The van der Waals surface area contributed by atoms with Crippen molar-refractivity contribution in [3.63, 3.8) is 0 Å². The van der Waals surface area contributed by atoms with E-state index in [0.29, 0.717) is 31.0 Å². The summed E-state index contributed by atoms with van der Waals surface area (Å²) < 4.78 is 5.56. The van der Waals surface area contributed by atoms with Gasteiger partial charge < -0.3 is 15.0 Å². The molecule has 1 aliphatic heterocycles. The second-order valence-corrected chi connectivity index (χ2v) is 9.52. The molecule has 7 nitrogen and oxygen atoms in total. The fraction of sp³-hybridized carbons (Fsp3) is 0.760. The van der Waals surface area contributed by atoms with Crippen molar-refractivity contribution in [3.8, 4) is 0 Å². The van der Waals surface area contributed by atoms with Crippen LogP contribution in [0.4, 0.5) is 0 Å². The van der Waals surface area contributed by atoms with Gasteiger partial charge in [0.15, 0.2) is 0 Å². The van der Waals surface area contributed by atoms with Gasteiger partial charge in [0.25, 0.3) is 5.91 Å². The number of amides is 2. The van der Waals surface area contributed by atoms with E-state index < -0.39 is 0 Å². The van der Waals surface area contributed by atoms with Gasteiger partial charge in [-0.2, -0.15) is 0 Å². The van der Waals surface area contributed by atoms with E-state index in [1.807, 2.05) is 18.7 Å². The van der Waals surface area contributed by atoms with Gasteiger partial charge in [-0.1, -0.05) is 13.8 Å². The maximum absolute atomic E-state index is 13.1. The van der Waals surface area contributed by atoms with Gasteiger partial charge in [-0.25, -0.2) is 9.97 Å². The van der Waals surface area contributed by atoms with Crippen molar-refractivity contribution in [2.24, 2.45) is 5.92 Å². The lowest BCUT2D eigenvalue weighted by Gasteiger charge is -2.30. The molecular weight excluding hydrogens is 404 g/mol. The molecule has 1 N–H and O–H groups in total. The van der Waals surface area contributed by atoms with E-state index in [9.17, 15) is 9.59 Å². The maximum Gasteiger partial charge on any atom is 0.257 e. The number of hydrogen-bond donors (Lipinski definition) is 1. The van der Waals surface area contributed by atoms with E-state index in [1.54, 1.807) is 6.20 Å². The summed E-state index contributed by atoms with van der Waals surface area (Å²) in [7, 11) is 0. The third-order valence-electron chi connectivity index (χ3n) is 6.89. The second-order valence-electron chi connectivity index (χ2n) is 9.52. The van der Waals surface area contributed by atoms with Crippen molar-refractivity contribution in [1.82, 2.24) is 20.2 Å². The number of carbonyl (C=O) groups is 2. The monoisotopic (exact) mass is 444 g/mol. The third-order valence-corrected chi connectivity index (χ3v) is 6.89. The summed E-state index contributed by atoms with van der Waals surface area (Å²) in [4.78, 5) is 36.6. The van der Waals surface area contributed by atoms with E-state index in [1.165, 1.54) is 0 Å². The highest BCUT2D eigenvalue weighted by Crippen LogP contribution is 2.36. The first-order valence-corrected chi connectivity index (χ1v) is 12.5. The van der Waals surface area contributed by atoms with Crippen molar-refractivity contribution in [3.05, 3.63) is 23.3 Å². The Hall–Kier alpha value is -2.02. The summed E-state index contributed by atoms with van der Waals surface area (Å²) in [6.07, 6.45) is 8.40. The molecule has 1 atom stereocenters. The average Bonchev–Trinajstić information content (AvgIpc) is 3.31. The fourth-order valence-corrected chi connectivity index (χ4v) is 4.83. The van der Waals surface area contributed by atoms with Crippen molar-refractivity contribution in [1.29, 1.82) is 0 Å². The molecule has 0 radical (unpaired) electrons. The molecule has 1 aromatic heterocycles. The lowest BCUT2D eigenvalue weighted by molar-refractivity contribution is -0.123. The summed E-state index contributed by atoms with van der Waals surface area (Å²) in [5, 5.41) is 3.11. The molecule has 3 rings (SSSR count). The maximum atomic E-state index is 13.1. The lowest BCUT2D eigenvalue weighted by Crippen LogP contribution is -2.34. The normalized spacial score (nSPS) is 23.3. The van der Waals surface area contributed by atoms with Crippen LogP contribution in [0.15, 0.2) is 6.20 Å². The third kappa shape index (κ3) is 6.27. The first-order valence-electron chi connectivity index (χ1n) is 12.5. The van der Waals surface area contributed by atoms with Crippen molar-refractivity contribution in [2.75, 3.05) is 26.2 Å². The molecule has 2 heterocycles. The van der Waals surface area contributed by atoms with Crippen molar-refractivity contribution >= 4 is 11.8 Å². The van der Waals surface area contributed by atoms with E-state index in [2.05, 4.69) is 24.1 Å². The zero-order valence-corrected chi connectivity index (χ0v) is 20.2. The van der Waals surface area contributed by atoms with Crippen molar-refractivity contribution in [2.45, 2.75) is 90.6 Å². The van der Waals surface area contributed by atoms with Gasteiger partial charge in [0.05, 0.1) is 23.8 Å². The van der Waals surface area contributed by atoms with Crippen LogP contribution in [0.5, 0.6) is 0 Å². The fourth-order valence-electron chi connectivity index (χ4n) is 4.83.